The Morgan fingerprint density at radius 3 is 2.24 bits per heavy atom. The van der Waals surface area contributed by atoms with Gasteiger partial charge >= 0.3 is 0 Å². The highest BCUT2D eigenvalue weighted by Gasteiger charge is 2.39. The molecule has 0 aromatic heterocycles. The summed E-state index contributed by atoms with van der Waals surface area (Å²) in [7, 11) is 0. The van der Waals surface area contributed by atoms with E-state index in [9.17, 15) is 10.2 Å². The number of benzene rings is 1. The molecule has 0 amide bonds. The molecule has 2 N–H and O–H groups in total. The van der Waals surface area contributed by atoms with Gasteiger partial charge < -0.3 is 10.2 Å². The number of nitrogens with zero attached hydrogens (tertiary/aromatic N) is 1. The van der Waals surface area contributed by atoms with Gasteiger partial charge in [-0.2, -0.15) is 0 Å². The van der Waals surface area contributed by atoms with Gasteiger partial charge in [-0.05, 0) is 51.5 Å². The summed E-state index contributed by atoms with van der Waals surface area (Å²) in [6.45, 7) is 5.10. The smallest absolute Gasteiger partial charge is 0.0802 e. The minimum absolute atomic E-state index is 0.108. The highest BCUT2D eigenvalue weighted by atomic mass is 16.3. The van der Waals surface area contributed by atoms with Crippen molar-refractivity contribution < 1.29 is 10.2 Å². The van der Waals surface area contributed by atoms with Crippen LogP contribution in [0.4, 0.5) is 0 Å². The van der Waals surface area contributed by atoms with Crippen molar-refractivity contribution >= 4 is 0 Å². The van der Waals surface area contributed by atoms with Gasteiger partial charge in [-0.1, -0.05) is 29.3 Å². The highest BCUT2D eigenvalue weighted by molar-refractivity contribution is 5.29. The van der Waals surface area contributed by atoms with Crippen LogP contribution in [0.3, 0.4) is 0 Å². The normalized spacial score (nSPS) is 30.6. The maximum absolute atomic E-state index is 10.5. The van der Waals surface area contributed by atoms with Gasteiger partial charge in [0.25, 0.3) is 0 Å². The van der Waals surface area contributed by atoms with Gasteiger partial charge in [0.05, 0.1) is 12.2 Å². The lowest BCUT2D eigenvalue weighted by molar-refractivity contribution is 0.0266. The van der Waals surface area contributed by atoms with Gasteiger partial charge in [0.15, 0.2) is 0 Å². The zero-order chi connectivity index (χ0) is 15.0. The Hall–Kier alpha value is -0.900. The molecule has 3 atom stereocenters. The molecule has 1 aromatic rings. The summed E-state index contributed by atoms with van der Waals surface area (Å²) in [5.74, 6) is 0. The SMILES string of the molecule is Cc1cc(C)cc(C(O)CCN2C3CCC2CC(O)C3)c1. The maximum Gasteiger partial charge on any atom is 0.0802 e. The summed E-state index contributed by atoms with van der Waals surface area (Å²) >= 11 is 0. The van der Waals surface area contributed by atoms with Crippen molar-refractivity contribution in [2.75, 3.05) is 6.54 Å². The first kappa shape index (κ1) is 15.0. The van der Waals surface area contributed by atoms with E-state index in [0.29, 0.717) is 12.1 Å². The van der Waals surface area contributed by atoms with Crippen molar-refractivity contribution in [3.8, 4) is 0 Å². The van der Waals surface area contributed by atoms with E-state index in [1.165, 1.54) is 24.0 Å². The van der Waals surface area contributed by atoms with Crippen LogP contribution >= 0.6 is 0 Å². The molecule has 2 aliphatic rings. The first-order chi connectivity index (χ1) is 10.0. The van der Waals surface area contributed by atoms with Crippen molar-refractivity contribution in [3.63, 3.8) is 0 Å². The number of aliphatic hydroxyl groups is 2. The first-order valence-electron chi connectivity index (χ1n) is 8.23. The van der Waals surface area contributed by atoms with Crippen LogP contribution in [-0.4, -0.2) is 39.8 Å². The lowest BCUT2D eigenvalue weighted by Gasteiger charge is -2.37. The summed E-state index contributed by atoms with van der Waals surface area (Å²) in [5.41, 5.74) is 3.47. The van der Waals surface area contributed by atoms with Crippen molar-refractivity contribution in [2.45, 2.75) is 70.2 Å². The minimum atomic E-state index is -0.380. The summed E-state index contributed by atoms with van der Waals surface area (Å²) in [4.78, 5) is 2.53. The summed E-state index contributed by atoms with van der Waals surface area (Å²) in [5, 5.41) is 20.3. The molecule has 116 valence electrons. The quantitative estimate of drug-likeness (QED) is 0.895. The average molecular weight is 289 g/mol. The lowest BCUT2D eigenvalue weighted by atomic mass is 9.97. The highest BCUT2D eigenvalue weighted by Crippen LogP contribution is 2.36. The standard InChI is InChI=1S/C18H27NO2/c1-12-7-13(2)9-14(8-12)18(21)5-6-19-15-3-4-16(19)11-17(20)10-15/h7-9,15-18,20-21H,3-6,10-11H2,1-2H3. The number of piperidine rings is 1. The Balaban J connectivity index is 1.60. The van der Waals surface area contributed by atoms with E-state index in [0.717, 1.165) is 31.4 Å². The Morgan fingerprint density at radius 1 is 1.10 bits per heavy atom. The molecule has 2 bridgehead atoms. The number of hydrogen-bond donors (Lipinski definition) is 2. The third kappa shape index (κ3) is 3.31. The topological polar surface area (TPSA) is 43.7 Å². The molecule has 2 saturated heterocycles. The zero-order valence-corrected chi connectivity index (χ0v) is 13.1. The molecule has 0 spiro atoms. The molecule has 0 radical (unpaired) electrons. The van der Waals surface area contributed by atoms with Crippen LogP contribution in [-0.2, 0) is 0 Å². The van der Waals surface area contributed by atoms with Gasteiger partial charge in [-0.3, -0.25) is 4.90 Å². The van der Waals surface area contributed by atoms with Crippen LogP contribution in [0.1, 0.15) is 54.9 Å². The summed E-state index contributed by atoms with van der Waals surface area (Å²) in [6.07, 6.45) is 4.54. The number of hydrogen-bond acceptors (Lipinski definition) is 3. The molecule has 3 heteroatoms. The Labute approximate surface area is 127 Å². The van der Waals surface area contributed by atoms with Crippen LogP contribution in [0.25, 0.3) is 0 Å². The summed E-state index contributed by atoms with van der Waals surface area (Å²) in [6, 6.07) is 7.39. The van der Waals surface area contributed by atoms with E-state index in [2.05, 4.69) is 36.9 Å². The van der Waals surface area contributed by atoms with E-state index in [1.54, 1.807) is 0 Å². The fourth-order valence-corrected chi connectivity index (χ4v) is 4.25. The van der Waals surface area contributed by atoms with Crippen molar-refractivity contribution in [2.24, 2.45) is 0 Å². The molecule has 3 nitrogen and oxygen atoms in total. The predicted octanol–water partition coefficient (Wildman–Crippen LogP) is 2.71. The van der Waals surface area contributed by atoms with Gasteiger partial charge in [0.1, 0.15) is 0 Å². The van der Waals surface area contributed by atoms with E-state index >= 15 is 0 Å². The third-order valence-corrected chi connectivity index (χ3v) is 5.15. The Morgan fingerprint density at radius 2 is 1.67 bits per heavy atom. The van der Waals surface area contributed by atoms with Crippen LogP contribution in [0.5, 0.6) is 0 Å². The fourth-order valence-electron chi connectivity index (χ4n) is 4.25. The van der Waals surface area contributed by atoms with Crippen molar-refractivity contribution in [1.82, 2.24) is 4.90 Å². The van der Waals surface area contributed by atoms with E-state index in [4.69, 9.17) is 0 Å². The molecular weight excluding hydrogens is 262 g/mol. The second-order valence-electron chi connectivity index (χ2n) is 6.97. The maximum atomic E-state index is 10.5. The van der Waals surface area contributed by atoms with E-state index < -0.39 is 0 Å². The monoisotopic (exact) mass is 289 g/mol. The van der Waals surface area contributed by atoms with Crippen LogP contribution in [0.2, 0.25) is 0 Å². The Kier molecular flexibility index (Phi) is 4.34. The van der Waals surface area contributed by atoms with E-state index in [1.807, 2.05) is 0 Å². The number of rotatable bonds is 4. The van der Waals surface area contributed by atoms with Crippen LogP contribution in [0, 0.1) is 13.8 Å². The first-order valence-corrected chi connectivity index (χ1v) is 8.23. The molecule has 3 unspecified atom stereocenters. The number of aryl methyl sites for hydroxylation is 2. The molecule has 0 aliphatic carbocycles. The van der Waals surface area contributed by atoms with E-state index in [-0.39, 0.29) is 12.2 Å². The predicted molar refractivity (Wildman–Crippen MR) is 84.2 cm³/mol. The van der Waals surface area contributed by atoms with Gasteiger partial charge in [-0.25, -0.2) is 0 Å². The van der Waals surface area contributed by atoms with Gasteiger partial charge in [-0.15, -0.1) is 0 Å². The molecule has 2 aliphatic heterocycles. The zero-order valence-electron chi connectivity index (χ0n) is 13.1. The second kappa shape index (κ2) is 6.07. The molecular formula is C18H27NO2. The molecule has 0 saturated carbocycles. The summed E-state index contributed by atoms with van der Waals surface area (Å²) < 4.78 is 0. The van der Waals surface area contributed by atoms with Crippen molar-refractivity contribution in [3.05, 3.63) is 34.9 Å². The third-order valence-electron chi connectivity index (χ3n) is 5.15. The van der Waals surface area contributed by atoms with Gasteiger partial charge in [0, 0.05) is 18.6 Å². The largest absolute Gasteiger partial charge is 0.393 e. The lowest BCUT2D eigenvalue weighted by Crippen LogP contribution is -2.45. The number of aliphatic hydroxyl groups excluding tert-OH is 2. The molecule has 3 rings (SSSR count). The van der Waals surface area contributed by atoms with Crippen LogP contribution in [0.15, 0.2) is 18.2 Å². The van der Waals surface area contributed by atoms with Crippen molar-refractivity contribution in [1.29, 1.82) is 0 Å². The van der Waals surface area contributed by atoms with Crippen LogP contribution < -0.4 is 0 Å². The number of fused-ring (bicyclic) bond motifs is 2. The average Bonchev–Trinajstić information content (AvgIpc) is 2.65. The Bertz CT molecular complexity index is 468. The molecule has 21 heavy (non-hydrogen) atoms. The van der Waals surface area contributed by atoms with Gasteiger partial charge in [0.2, 0.25) is 0 Å². The molecule has 1 aromatic carbocycles. The minimum Gasteiger partial charge on any atom is -0.393 e. The second-order valence-corrected chi connectivity index (χ2v) is 6.97. The molecule has 2 heterocycles. The fraction of sp³-hybridized carbons (Fsp3) is 0.667. The molecule has 2 fully saturated rings.